The highest BCUT2D eigenvalue weighted by Crippen LogP contribution is 2.18. The van der Waals surface area contributed by atoms with E-state index < -0.39 is 0 Å². The summed E-state index contributed by atoms with van der Waals surface area (Å²) in [5, 5.41) is 0. The third-order valence-corrected chi connectivity index (χ3v) is 2.34. The lowest BCUT2D eigenvalue weighted by Crippen LogP contribution is -2.03. The van der Waals surface area contributed by atoms with Gasteiger partial charge in [0.1, 0.15) is 0 Å². The van der Waals surface area contributed by atoms with Crippen molar-refractivity contribution in [2.75, 3.05) is 5.75 Å². The Hall–Kier alpha value is -0.280. The van der Waals surface area contributed by atoms with Gasteiger partial charge in [0.05, 0.1) is 0 Å². The lowest BCUT2D eigenvalue weighted by atomic mass is 10.2. The third-order valence-electron chi connectivity index (χ3n) is 1.12. The largest absolute Gasteiger partial charge is 0.295 e. The SMILES string of the molecule is CC(=O)C1=CN=C(Cl)SC1. The molecule has 0 fully saturated rings. The number of nitrogens with zero attached hydrogens (tertiary/aromatic N) is 1. The summed E-state index contributed by atoms with van der Waals surface area (Å²) in [5.41, 5.74) is 0.731. The van der Waals surface area contributed by atoms with Crippen LogP contribution in [0.15, 0.2) is 16.8 Å². The monoisotopic (exact) mass is 175 g/mol. The molecule has 0 aromatic rings. The van der Waals surface area contributed by atoms with Crippen LogP contribution in [-0.2, 0) is 4.79 Å². The number of halogens is 1. The van der Waals surface area contributed by atoms with Crippen molar-refractivity contribution in [1.82, 2.24) is 0 Å². The number of carbonyl (C=O) groups excluding carboxylic acids is 1. The molecule has 0 N–H and O–H groups in total. The lowest BCUT2D eigenvalue weighted by molar-refractivity contribution is -0.113. The van der Waals surface area contributed by atoms with Crippen LogP contribution in [0, 0.1) is 0 Å². The van der Waals surface area contributed by atoms with Gasteiger partial charge in [-0.15, -0.1) is 0 Å². The van der Waals surface area contributed by atoms with Gasteiger partial charge in [0.15, 0.2) is 10.3 Å². The molecule has 0 saturated heterocycles. The van der Waals surface area contributed by atoms with E-state index in [1.807, 2.05) is 0 Å². The fourth-order valence-electron chi connectivity index (χ4n) is 0.533. The lowest BCUT2D eigenvalue weighted by Gasteiger charge is -2.04. The van der Waals surface area contributed by atoms with Gasteiger partial charge in [0.25, 0.3) is 0 Å². The molecule has 0 spiro atoms. The normalized spacial score (nSPS) is 17.8. The minimum atomic E-state index is 0.0698. The van der Waals surface area contributed by atoms with Gasteiger partial charge < -0.3 is 0 Å². The summed E-state index contributed by atoms with van der Waals surface area (Å²) in [7, 11) is 0. The highest BCUT2D eigenvalue weighted by Gasteiger charge is 2.09. The zero-order chi connectivity index (χ0) is 7.56. The molecule has 1 heterocycles. The van der Waals surface area contributed by atoms with Crippen molar-refractivity contribution in [3.05, 3.63) is 11.8 Å². The van der Waals surface area contributed by atoms with Gasteiger partial charge in [-0.2, -0.15) is 0 Å². The van der Waals surface area contributed by atoms with Crippen molar-refractivity contribution in [2.24, 2.45) is 4.99 Å². The second kappa shape index (κ2) is 3.21. The van der Waals surface area contributed by atoms with E-state index in [4.69, 9.17) is 11.6 Å². The van der Waals surface area contributed by atoms with E-state index in [0.717, 1.165) is 5.57 Å². The topological polar surface area (TPSA) is 29.4 Å². The number of rotatable bonds is 1. The Bertz CT molecular complexity index is 222. The van der Waals surface area contributed by atoms with Crippen molar-refractivity contribution in [3.63, 3.8) is 0 Å². The van der Waals surface area contributed by atoms with Crippen molar-refractivity contribution in [3.8, 4) is 0 Å². The van der Waals surface area contributed by atoms with Crippen molar-refractivity contribution >= 4 is 33.6 Å². The summed E-state index contributed by atoms with van der Waals surface area (Å²) in [4.78, 5) is 14.5. The van der Waals surface area contributed by atoms with E-state index in [1.165, 1.54) is 24.9 Å². The van der Waals surface area contributed by atoms with Crippen LogP contribution in [0.4, 0.5) is 0 Å². The van der Waals surface area contributed by atoms with Gasteiger partial charge in [0.2, 0.25) is 0 Å². The Morgan fingerprint density at radius 1 is 1.90 bits per heavy atom. The molecule has 0 unspecified atom stereocenters. The van der Waals surface area contributed by atoms with Crippen LogP contribution in [0.1, 0.15) is 6.92 Å². The molecule has 10 heavy (non-hydrogen) atoms. The minimum absolute atomic E-state index is 0.0698. The van der Waals surface area contributed by atoms with Crippen LogP contribution in [0.3, 0.4) is 0 Å². The van der Waals surface area contributed by atoms with Gasteiger partial charge in [-0.25, -0.2) is 4.99 Å². The number of ketones is 1. The molecule has 0 aromatic carbocycles. The first-order valence-electron chi connectivity index (χ1n) is 2.76. The summed E-state index contributed by atoms with van der Waals surface area (Å²) in [6, 6.07) is 0. The molecule has 0 saturated carbocycles. The van der Waals surface area contributed by atoms with Crippen LogP contribution >= 0.6 is 23.4 Å². The van der Waals surface area contributed by atoms with Crippen LogP contribution in [0.2, 0.25) is 0 Å². The minimum Gasteiger partial charge on any atom is -0.295 e. The van der Waals surface area contributed by atoms with Crippen molar-refractivity contribution in [2.45, 2.75) is 6.92 Å². The third kappa shape index (κ3) is 1.85. The first-order valence-corrected chi connectivity index (χ1v) is 4.12. The number of hydrogen-bond donors (Lipinski definition) is 0. The maximum absolute atomic E-state index is 10.7. The summed E-state index contributed by atoms with van der Waals surface area (Å²) in [5.74, 6) is 0.720. The molecule has 0 aromatic heterocycles. The molecule has 0 amide bonds. The predicted molar refractivity (Wildman–Crippen MR) is 44.5 cm³/mol. The van der Waals surface area contributed by atoms with E-state index in [1.54, 1.807) is 0 Å². The Morgan fingerprint density at radius 3 is 3.00 bits per heavy atom. The van der Waals surface area contributed by atoms with Gasteiger partial charge in [-0.3, -0.25) is 4.79 Å². The average Bonchev–Trinajstić information content (AvgIpc) is 1.88. The molecular formula is C6H6ClNOS. The fraction of sp³-hybridized carbons (Fsp3) is 0.333. The molecule has 1 aliphatic heterocycles. The Labute approximate surface area is 68.4 Å². The molecule has 2 nitrogen and oxygen atoms in total. The highest BCUT2D eigenvalue weighted by atomic mass is 35.5. The van der Waals surface area contributed by atoms with Crippen LogP contribution in [-0.4, -0.2) is 16.0 Å². The number of hydrogen-bond acceptors (Lipinski definition) is 3. The van der Waals surface area contributed by atoms with E-state index in [9.17, 15) is 4.79 Å². The van der Waals surface area contributed by atoms with Gasteiger partial charge >= 0.3 is 0 Å². The molecule has 54 valence electrons. The maximum Gasteiger partial charge on any atom is 0.162 e. The van der Waals surface area contributed by atoms with E-state index in [2.05, 4.69) is 4.99 Å². The van der Waals surface area contributed by atoms with Crippen LogP contribution in [0.25, 0.3) is 0 Å². The van der Waals surface area contributed by atoms with Gasteiger partial charge in [0, 0.05) is 17.5 Å². The summed E-state index contributed by atoms with van der Waals surface area (Å²) < 4.78 is 0.505. The Kier molecular flexibility index (Phi) is 2.51. The summed E-state index contributed by atoms with van der Waals surface area (Å²) >= 11 is 6.92. The highest BCUT2D eigenvalue weighted by molar-refractivity contribution is 8.17. The first kappa shape index (κ1) is 7.82. The van der Waals surface area contributed by atoms with Crippen molar-refractivity contribution in [1.29, 1.82) is 0 Å². The summed E-state index contributed by atoms with van der Waals surface area (Å²) in [6.45, 7) is 1.53. The molecule has 0 atom stereocenters. The molecule has 1 rings (SSSR count). The van der Waals surface area contributed by atoms with E-state index >= 15 is 0 Å². The number of thioether (sulfide) groups is 1. The quantitative estimate of drug-likeness (QED) is 0.608. The zero-order valence-electron chi connectivity index (χ0n) is 5.43. The molecular weight excluding hydrogens is 170 g/mol. The smallest absolute Gasteiger partial charge is 0.162 e. The van der Waals surface area contributed by atoms with Gasteiger partial charge in [-0.1, -0.05) is 23.4 Å². The first-order chi connectivity index (χ1) is 4.70. The zero-order valence-corrected chi connectivity index (χ0v) is 7.00. The van der Waals surface area contributed by atoms with Crippen molar-refractivity contribution < 1.29 is 4.79 Å². The standard InChI is InChI=1S/C6H6ClNOS/c1-4(9)5-2-8-6(7)10-3-5/h2H,3H2,1H3. The molecule has 0 aliphatic carbocycles. The predicted octanol–water partition coefficient (Wildman–Crippen LogP) is 1.80. The second-order valence-electron chi connectivity index (χ2n) is 1.88. The molecule has 0 radical (unpaired) electrons. The number of aliphatic imine (C=N–C) groups is 1. The van der Waals surface area contributed by atoms with Gasteiger partial charge in [-0.05, 0) is 6.92 Å². The Balaban J connectivity index is 2.74. The van der Waals surface area contributed by atoms with E-state index in [0.29, 0.717) is 10.3 Å². The number of Topliss-reactive ketones (excluding diaryl/α,β-unsaturated/α-hetero) is 1. The molecule has 1 aliphatic rings. The van der Waals surface area contributed by atoms with E-state index in [-0.39, 0.29) is 5.78 Å². The molecule has 4 heteroatoms. The summed E-state index contributed by atoms with van der Waals surface area (Å²) in [6.07, 6.45) is 1.53. The molecule has 0 bridgehead atoms. The fourth-order valence-corrected chi connectivity index (χ4v) is 1.43. The Morgan fingerprint density at radius 2 is 2.60 bits per heavy atom. The number of carbonyl (C=O) groups is 1. The average molecular weight is 176 g/mol. The second-order valence-corrected chi connectivity index (χ2v) is 3.43. The van der Waals surface area contributed by atoms with Crippen LogP contribution < -0.4 is 0 Å². The maximum atomic E-state index is 10.7. The van der Waals surface area contributed by atoms with Crippen LogP contribution in [0.5, 0.6) is 0 Å².